The summed E-state index contributed by atoms with van der Waals surface area (Å²) in [5.41, 5.74) is 1.10. The van der Waals surface area contributed by atoms with Crippen LogP contribution in [0.5, 0.6) is 5.75 Å². The molecule has 1 aliphatic rings. The van der Waals surface area contributed by atoms with Gasteiger partial charge < -0.3 is 15.4 Å². The number of benzene rings is 1. The average molecular weight is 313 g/mol. The summed E-state index contributed by atoms with van der Waals surface area (Å²) in [6.45, 7) is 5.85. The molecule has 118 valence electrons. The van der Waals surface area contributed by atoms with E-state index in [4.69, 9.17) is 4.74 Å². The lowest BCUT2D eigenvalue weighted by Gasteiger charge is -2.26. The van der Waals surface area contributed by atoms with Crippen molar-refractivity contribution in [2.45, 2.75) is 38.1 Å². The van der Waals surface area contributed by atoms with Gasteiger partial charge in [-0.1, -0.05) is 26.0 Å². The van der Waals surface area contributed by atoms with Gasteiger partial charge >= 0.3 is 0 Å². The number of carbonyl (C=O) groups excluding carboxylic acids is 1. The van der Waals surface area contributed by atoms with Gasteiger partial charge in [0.15, 0.2) is 0 Å². The first-order chi connectivity index (χ1) is 9.53. The van der Waals surface area contributed by atoms with E-state index in [2.05, 4.69) is 36.6 Å². The summed E-state index contributed by atoms with van der Waals surface area (Å²) >= 11 is 0. The summed E-state index contributed by atoms with van der Waals surface area (Å²) in [4.78, 5) is 12.0. The van der Waals surface area contributed by atoms with Crippen LogP contribution in [-0.2, 0) is 10.2 Å². The van der Waals surface area contributed by atoms with Crippen molar-refractivity contribution in [3.05, 3.63) is 29.8 Å². The summed E-state index contributed by atoms with van der Waals surface area (Å²) in [5.74, 6) is 0.966. The van der Waals surface area contributed by atoms with E-state index in [9.17, 15) is 4.79 Å². The number of halogens is 1. The van der Waals surface area contributed by atoms with Crippen LogP contribution >= 0.6 is 12.4 Å². The van der Waals surface area contributed by atoms with Gasteiger partial charge in [-0.25, -0.2) is 0 Å². The predicted octanol–water partition coefficient (Wildman–Crippen LogP) is 2.26. The van der Waals surface area contributed by atoms with Crippen molar-refractivity contribution in [1.29, 1.82) is 0 Å². The molecule has 0 bridgehead atoms. The van der Waals surface area contributed by atoms with Crippen LogP contribution in [0.25, 0.3) is 0 Å². The first-order valence-corrected chi connectivity index (χ1v) is 7.18. The third kappa shape index (κ3) is 4.61. The van der Waals surface area contributed by atoms with Crippen molar-refractivity contribution in [3.8, 4) is 5.75 Å². The Labute approximate surface area is 133 Å². The van der Waals surface area contributed by atoms with Crippen LogP contribution < -0.4 is 15.4 Å². The summed E-state index contributed by atoms with van der Waals surface area (Å²) in [5, 5.41) is 6.28. The molecule has 0 spiro atoms. The smallest absolute Gasteiger partial charge is 0.237 e. The molecule has 4 nitrogen and oxygen atoms in total. The quantitative estimate of drug-likeness (QED) is 0.877. The Bertz CT molecular complexity index is 454. The first kappa shape index (κ1) is 17.8. The molecule has 1 amide bonds. The molecule has 1 aromatic carbocycles. The lowest BCUT2D eigenvalue weighted by atomic mass is 9.84. The van der Waals surface area contributed by atoms with Crippen LogP contribution in [-0.4, -0.2) is 32.1 Å². The number of rotatable bonds is 5. The van der Waals surface area contributed by atoms with Crippen molar-refractivity contribution < 1.29 is 9.53 Å². The maximum atomic E-state index is 12.0. The van der Waals surface area contributed by atoms with Gasteiger partial charge in [0.1, 0.15) is 5.75 Å². The number of nitrogens with one attached hydrogen (secondary N) is 2. The minimum absolute atomic E-state index is 0. The second kappa shape index (κ2) is 7.66. The van der Waals surface area contributed by atoms with Crippen molar-refractivity contribution in [3.63, 3.8) is 0 Å². The van der Waals surface area contributed by atoms with E-state index in [-0.39, 0.29) is 29.8 Å². The zero-order valence-electron chi connectivity index (χ0n) is 12.9. The van der Waals surface area contributed by atoms with Crippen molar-refractivity contribution in [2.24, 2.45) is 0 Å². The maximum Gasteiger partial charge on any atom is 0.237 e. The second-order valence-electron chi connectivity index (χ2n) is 5.98. The fourth-order valence-corrected chi connectivity index (χ4v) is 2.48. The van der Waals surface area contributed by atoms with Gasteiger partial charge in [-0.15, -0.1) is 12.4 Å². The summed E-state index contributed by atoms with van der Waals surface area (Å²) in [6, 6.07) is 8.01. The third-order valence-corrected chi connectivity index (χ3v) is 3.95. The molecule has 2 N–H and O–H groups in total. The Morgan fingerprint density at radius 1 is 1.38 bits per heavy atom. The molecule has 1 aliphatic heterocycles. The first-order valence-electron chi connectivity index (χ1n) is 7.18. The van der Waals surface area contributed by atoms with Crippen LogP contribution in [0, 0.1) is 0 Å². The van der Waals surface area contributed by atoms with Crippen molar-refractivity contribution in [2.75, 3.05) is 20.2 Å². The lowest BCUT2D eigenvalue weighted by Crippen LogP contribution is -2.45. The van der Waals surface area contributed by atoms with Gasteiger partial charge in [0.25, 0.3) is 0 Å². The molecule has 1 heterocycles. The van der Waals surface area contributed by atoms with E-state index in [1.165, 1.54) is 5.56 Å². The molecular weight excluding hydrogens is 288 g/mol. The fourth-order valence-electron chi connectivity index (χ4n) is 2.48. The molecule has 1 saturated heterocycles. The third-order valence-electron chi connectivity index (χ3n) is 3.95. The number of amides is 1. The highest BCUT2D eigenvalue weighted by Crippen LogP contribution is 2.24. The summed E-state index contributed by atoms with van der Waals surface area (Å²) < 4.78 is 5.17. The molecule has 5 heteroatoms. The van der Waals surface area contributed by atoms with E-state index in [0.717, 1.165) is 25.1 Å². The SMILES string of the molecule is COc1ccc(C(C)(C)CNC(=O)C2CCCN2)cc1.Cl. The van der Waals surface area contributed by atoms with Gasteiger partial charge in [0.05, 0.1) is 13.2 Å². The van der Waals surface area contributed by atoms with Gasteiger partial charge in [-0.05, 0) is 37.1 Å². The number of methoxy groups -OCH3 is 1. The number of hydrogen-bond acceptors (Lipinski definition) is 3. The zero-order valence-corrected chi connectivity index (χ0v) is 13.8. The molecule has 0 aliphatic carbocycles. The number of carbonyl (C=O) groups is 1. The Morgan fingerprint density at radius 2 is 2.05 bits per heavy atom. The molecule has 2 rings (SSSR count). The highest BCUT2D eigenvalue weighted by molar-refractivity contribution is 5.85. The van der Waals surface area contributed by atoms with Crippen LogP contribution in [0.3, 0.4) is 0 Å². The Morgan fingerprint density at radius 3 is 2.57 bits per heavy atom. The van der Waals surface area contributed by atoms with Crippen LogP contribution in [0.1, 0.15) is 32.3 Å². The average Bonchev–Trinajstić information content (AvgIpc) is 2.99. The minimum atomic E-state index is -0.0967. The normalized spacial score (nSPS) is 18.0. The van der Waals surface area contributed by atoms with E-state index in [0.29, 0.717) is 6.54 Å². The van der Waals surface area contributed by atoms with E-state index >= 15 is 0 Å². The molecule has 0 saturated carbocycles. The zero-order chi connectivity index (χ0) is 14.6. The van der Waals surface area contributed by atoms with Gasteiger partial charge in [-0.2, -0.15) is 0 Å². The Hall–Kier alpha value is -1.26. The number of hydrogen-bond donors (Lipinski definition) is 2. The fraction of sp³-hybridized carbons (Fsp3) is 0.562. The Balaban J connectivity index is 0.00000220. The molecule has 1 aromatic rings. The standard InChI is InChI=1S/C16H24N2O2.ClH/c1-16(2,12-6-8-13(20-3)9-7-12)11-18-15(19)14-5-4-10-17-14;/h6-9,14,17H,4-5,10-11H2,1-3H3,(H,18,19);1H. The monoisotopic (exact) mass is 312 g/mol. The summed E-state index contributed by atoms with van der Waals surface area (Å²) in [7, 11) is 1.66. The topological polar surface area (TPSA) is 50.4 Å². The lowest BCUT2D eigenvalue weighted by molar-refractivity contribution is -0.123. The van der Waals surface area contributed by atoms with Crippen molar-refractivity contribution >= 4 is 18.3 Å². The van der Waals surface area contributed by atoms with Crippen LogP contribution in [0.2, 0.25) is 0 Å². The molecule has 1 fully saturated rings. The predicted molar refractivity (Wildman–Crippen MR) is 87.3 cm³/mol. The number of ether oxygens (including phenoxy) is 1. The van der Waals surface area contributed by atoms with Gasteiger partial charge in [0, 0.05) is 12.0 Å². The van der Waals surface area contributed by atoms with Gasteiger partial charge in [0.2, 0.25) is 5.91 Å². The highest BCUT2D eigenvalue weighted by Gasteiger charge is 2.25. The van der Waals surface area contributed by atoms with E-state index < -0.39 is 0 Å². The molecule has 1 unspecified atom stereocenters. The molecule has 0 radical (unpaired) electrons. The van der Waals surface area contributed by atoms with Gasteiger partial charge in [-0.3, -0.25) is 4.79 Å². The highest BCUT2D eigenvalue weighted by atomic mass is 35.5. The molecular formula is C16H25ClN2O2. The largest absolute Gasteiger partial charge is 0.497 e. The Kier molecular flexibility index (Phi) is 6.49. The second-order valence-corrected chi connectivity index (χ2v) is 5.98. The molecule has 1 atom stereocenters. The maximum absolute atomic E-state index is 12.0. The van der Waals surface area contributed by atoms with Crippen LogP contribution in [0.15, 0.2) is 24.3 Å². The van der Waals surface area contributed by atoms with Crippen LogP contribution in [0.4, 0.5) is 0 Å². The van der Waals surface area contributed by atoms with Crippen molar-refractivity contribution in [1.82, 2.24) is 10.6 Å². The van der Waals surface area contributed by atoms with E-state index in [1.807, 2.05) is 12.1 Å². The molecule has 0 aromatic heterocycles. The summed E-state index contributed by atoms with van der Waals surface area (Å²) in [6.07, 6.45) is 2.02. The molecule has 21 heavy (non-hydrogen) atoms. The van der Waals surface area contributed by atoms with E-state index in [1.54, 1.807) is 7.11 Å². The minimum Gasteiger partial charge on any atom is -0.497 e.